The van der Waals surface area contributed by atoms with E-state index in [9.17, 15) is 39.6 Å². The molecule has 0 bridgehead atoms. The van der Waals surface area contributed by atoms with Crippen molar-refractivity contribution in [2.75, 3.05) is 0 Å². The zero-order valence-corrected chi connectivity index (χ0v) is 16.0. The third kappa shape index (κ3) is 124. The molecule has 0 aliphatic heterocycles. The Bertz CT molecular complexity index is 226. The number of hydrogen-bond acceptors (Lipinski definition) is 8. The van der Waals surface area contributed by atoms with E-state index in [0.717, 1.165) is 0 Å². The van der Waals surface area contributed by atoms with Crippen LogP contribution in [0.1, 0.15) is 53.4 Å². The van der Waals surface area contributed by atoms with E-state index in [2.05, 4.69) is 0 Å². The van der Waals surface area contributed by atoms with Crippen molar-refractivity contribution in [1.29, 1.82) is 0 Å². The van der Waals surface area contributed by atoms with Crippen LogP contribution in [0.5, 0.6) is 0 Å². The summed E-state index contributed by atoms with van der Waals surface area (Å²) in [7, 11) is 0. The van der Waals surface area contributed by atoms with Crippen LogP contribution in [-0.4, -0.2) is 23.9 Å². The Morgan fingerprint density at radius 2 is 0.545 bits per heavy atom. The summed E-state index contributed by atoms with van der Waals surface area (Å²) in [5, 5.41) is 37.0. The minimum Gasteiger partial charge on any atom is -0.550 e. The molecule has 0 rings (SSSR count). The molecule has 0 heterocycles. The molecular formula is C12H20O8Rh2. The fourth-order valence-corrected chi connectivity index (χ4v) is 0. The molecule has 22 heavy (non-hydrogen) atoms. The van der Waals surface area contributed by atoms with E-state index in [1.54, 1.807) is 0 Å². The summed E-state index contributed by atoms with van der Waals surface area (Å²) in [6.07, 6.45) is 0.444. The molecular weight excluding hydrogens is 478 g/mol. The molecule has 10 heteroatoms. The number of carboxylic acids is 4. The van der Waals surface area contributed by atoms with Gasteiger partial charge < -0.3 is 39.6 Å². The molecule has 8 nitrogen and oxygen atoms in total. The summed E-state index contributed by atoms with van der Waals surface area (Å²) in [5.74, 6) is -3.98. The molecule has 0 saturated heterocycles. The second kappa shape index (κ2) is 32.2. The Balaban J connectivity index is -0.0000000376. The molecule has 0 fully saturated rings. The Hall–Kier alpha value is -0.873. The third-order valence-corrected chi connectivity index (χ3v) is 1.15. The number of carbonyl (C=O) groups is 4. The summed E-state index contributed by atoms with van der Waals surface area (Å²) in [5.41, 5.74) is 0. The summed E-state index contributed by atoms with van der Waals surface area (Å²) >= 11 is 0. The molecule has 0 spiro atoms. The molecule has 0 aromatic heterocycles. The van der Waals surface area contributed by atoms with Crippen molar-refractivity contribution < 1.29 is 78.6 Å². The predicted octanol–water partition coefficient (Wildman–Crippen LogP) is -3.42. The van der Waals surface area contributed by atoms with Gasteiger partial charge in [-0.1, -0.05) is 27.7 Å². The predicted molar refractivity (Wildman–Crippen MR) is 61.2 cm³/mol. The summed E-state index contributed by atoms with van der Waals surface area (Å²) < 4.78 is 0. The zero-order chi connectivity index (χ0) is 17.1. The Morgan fingerprint density at radius 3 is 0.545 bits per heavy atom. The minimum absolute atomic E-state index is 0. The molecule has 0 atom stereocenters. The minimum atomic E-state index is -0.995. The van der Waals surface area contributed by atoms with Crippen molar-refractivity contribution in [2.24, 2.45) is 0 Å². The van der Waals surface area contributed by atoms with Crippen molar-refractivity contribution in [2.45, 2.75) is 53.4 Å². The number of hydrogen-bond donors (Lipinski definition) is 0. The topological polar surface area (TPSA) is 161 Å². The normalized spacial score (nSPS) is 6.73. The first-order valence-corrected chi connectivity index (χ1v) is 5.88. The van der Waals surface area contributed by atoms with Crippen LogP contribution < -0.4 is 20.4 Å². The molecule has 0 unspecified atom stereocenters. The fourth-order valence-electron chi connectivity index (χ4n) is 0. The van der Waals surface area contributed by atoms with Crippen LogP contribution in [0.3, 0.4) is 0 Å². The first-order valence-electron chi connectivity index (χ1n) is 5.88. The van der Waals surface area contributed by atoms with Crippen molar-refractivity contribution >= 4 is 23.9 Å². The van der Waals surface area contributed by atoms with Gasteiger partial charge in [-0.2, -0.15) is 0 Å². The van der Waals surface area contributed by atoms with Gasteiger partial charge >= 0.3 is 39.0 Å². The van der Waals surface area contributed by atoms with Crippen LogP contribution >= 0.6 is 0 Å². The maximum atomic E-state index is 9.26. The molecule has 134 valence electrons. The molecule has 0 aliphatic rings. The average molecular weight is 498 g/mol. The maximum Gasteiger partial charge on any atom is 2.00 e. The van der Waals surface area contributed by atoms with Gasteiger partial charge in [0, 0.05) is 23.9 Å². The van der Waals surface area contributed by atoms with E-state index >= 15 is 0 Å². The van der Waals surface area contributed by atoms with Crippen LogP contribution in [0, 0.1) is 0 Å². The third-order valence-electron chi connectivity index (χ3n) is 1.15. The number of carbonyl (C=O) groups excluding carboxylic acids is 4. The smallest absolute Gasteiger partial charge is 0.550 e. The van der Waals surface area contributed by atoms with Gasteiger partial charge in [-0.3, -0.25) is 0 Å². The van der Waals surface area contributed by atoms with Crippen LogP contribution in [0.2, 0.25) is 0 Å². The molecule has 0 saturated carbocycles. The number of aliphatic carboxylic acids is 4. The van der Waals surface area contributed by atoms with Gasteiger partial charge in [0.1, 0.15) is 0 Å². The zero-order valence-electron chi connectivity index (χ0n) is 12.8. The van der Waals surface area contributed by atoms with Gasteiger partial charge in [0.25, 0.3) is 0 Å². The van der Waals surface area contributed by atoms with E-state index in [0.29, 0.717) is 0 Å². The van der Waals surface area contributed by atoms with Crippen molar-refractivity contribution in [3.8, 4) is 0 Å². The van der Waals surface area contributed by atoms with Gasteiger partial charge in [0.15, 0.2) is 0 Å². The quantitative estimate of drug-likeness (QED) is 0.363. The van der Waals surface area contributed by atoms with E-state index in [1.807, 2.05) is 0 Å². The molecule has 2 radical (unpaired) electrons. The van der Waals surface area contributed by atoms with Crippen molar-refractivity contribution in [3.05, 3.63) is 0 Å². The Kier molecular flexibility index (Phi) is 54.7. The second-order valence-corrected chi connectivity index (χ2v) is 2.90. The largest absolute Gasteiger partial charge is 2.00 e. The van der Waals surface area contributed by atoms with Gasteiger partial charge in [-0.25, -0.2) is 0 Å². The standard InChI is InChI=1S/4C3H6O2.2Rh/c4*1-2-3(4)5;;/h4*2H2,1H3,(H,4,5);;/q;;;;2*+2/p-4. The van der Waals surface area contributed by atoms with E-state index in [4.69, 9.17) is 0 Å². The number of rotatable bonds is 4. The first-order chi connectivity index (χ1) is 9.08. The molecule has 0 aromatic carbocycles. The van der Waals surface area contributed by atoms with E-state index in [1.165, 1.54) is 27.7 Å². The molecule has 0 aliphatic carbocycles. The van der Waals surface area contributed by atoms with Crippen molar-refractivity contribution in [3.63, 3.8) is 0 Å². The Morgan fingerprint density at radius 1 is 0.500 bits per heavy atom. The van der Waals surface area contributed by atoms with E-state index < -0.39 is 23.9 Å². The van der Waals surface area contributed by atoms with Crippen LogP contribution in [0.4, 0.5) is 0 Å². The van der Waals surface area contributed by atoms with Crippen LogP contribution in [-0.2, 0) is 58.1 Å². The first kappa shape index (κ1) is 37.4. The van der Waals surface area contributed by atoms with Crippen LogP contribution in [0.25, 0.3) is 0 Å². The van der Waals surface area contributed by atoms with Crippen molar-refractivity contribution in [1.82, 2.24) is 0 Å². The monoisotopic (exact) mass is 498 g/mol. The molecule has 0 aromatic rings. The molecule has 0 N–H and O–H groups in total. The number of carboxylic acid groups (broad SMARTS) is 4. The van der Waals surface area contributed by atoms with Crippen LogP contribution in [0.15, 0.2) is 0 Å². The van der Waals surface area contributed by atoms with Gasteiger partial charge in [-0.15, -0.1) is 0 Å². The second-order valence-electron chi connectivity index (χ2n) is 2.90. The SMILES string of the molecule is CCC(=O)[O-].CCC(=O)[O-].CCC(=O)[O-].CCC(=O)[O-].[Rh+2].[Rh+2]. The average Bonchev–Trinajstić information content (AvgIpc) is 2.40. The van der Waals surface area contributed by atoms with E-state index in [-0.39, 0.29) is 64.6 Å². The summed E-state index contributed by atoms with van der Waals surface area (Å²) in [4.78, 5) is 37.0. The molecule has 0 amide bonds. The summed E-state index contributed by atoms with van der Waals surface area (Å²) in [6, 6.07) is 0. The maximum absolute atomic E-state index is 9.26. The fraction of sp³-hybridized carbons (Fsp3) is 0.667. The Labute approximate surface area is 155 Å². The van der Waals surface area contributed by atoms with Gasteiger partial charge in [0.2, 0.25) is 0 Å². The van der Waals surface area contributed by atoms with Gasteiger partial charge in [-0.05, 0) is 25.7 Å². The van der Waals surface area contributed by atoms with Gasteiger partial charge in [0.05, 0.1) is 0 Å². The summed E-state index contributed by atoms with van der Waals surface area (Å²) in [6.45, 7) is 6.15.